The molecule has 0 spiro atoms. The molecule has 3 rings (SSSR count). The number of aliphatic hydroxyl groups is 1. The van der Waals surface area contributed by atoms with E-state index in [1.807, 2.05) is 12.3 Å². The molecule has 1 N–H and O–H groups in total. The first-order valence-electron chi connectivity index (χ1n) is 7.84. The molecule has 21 heavy (non-hydrogen) atoms. The number of rotatable bonds is 3. The summed E-state index contributed by atoms with van der Waals surface area (Å²) >= 11 is 0. The van der Waals surface area contributed by atoms with Crippen molar-refractivity contribution in [2.45, 2.75) is 38.5 Å². The van der Waals surface area contributed by atoms with Crippen molar-refractivity contribution in [3.63, 3.8) is 0 Å². The maximum Gasteiger partial charge on any atom is 0.123 e. The van der Waals surface area contributed by atoms with E-state index < -0.39 is 0 Å². The summed E-state index contributed by atoms with van der Waals surface area (Å²) in [7, 11) is 0. The minimum Gasteiger partial charge on any atom is -0.396 e. The van der Waals surface area contributed by atoms with Gasteiger partial charge in [0, 0.05) is 18.2 Å². The van der Waals surface area contributed by atoms with Crippen LogP contribution in [0.5, 0.6) is 0 Å². The Labute approximate surface area is 125 Å². The highest BCUT2D eigenvalue weighted by Crippen LogP contribution is 2.40. The molecule has 2 nitrogen and oxygen atoms in total. The van der Waals surface area contributed by atoms with Crippen LogP contribution in [0.1, 0.15) is 44.1 Å². The maximum atomic E-state index is 13.5. The van der Waals surface area contributed by atoms with Crippen LogP contribution < -0.4 is 0 Å². The molecule has 1 atom stereocenters. The lowest BCUT2D eigenvalue weighted by Gasteiger charge is -2.32. The number of benzene rings is 1. The normalized spacial score (nSPS) is 24.1. The first kappa shape index (κ1) is 14.5. The second kappa shape index (κ2) is 6.10. The molecule has 0 saturated heterocycles. The number of hydrogen-bond donors (Lipinski definition) is 1. The fourth-order valence-electron chi connectivity index (χ4n) is 3.64. The SMILES string of the molecule is CC(CO)C1CCC(c2ccnc3ccc(F)cc23)CC1. The van der Waals surface area contributed by atoms with Crippen LogP contribution >= 0.6 is 0 Å². The summed E-state index contributed by atoms with van der Waals surface area (Å²) in [5, 5.41) is 10.2. The van der Waals surface area contributed by atoms with E-state index in [2.05, 4.69) is 11.9 Å². The van der Waals surface area contributed by atoms with Gasteiger partial charge in [-0.2, -0.15) is 0 Å². The van der Waals surface area contributed by atoms with Crippen molar-refractivity contribution in [3.05, 3.63) is 41.8 Å². The zero-order valence-electron chi connectivity index (χ0n) is 12.4. The van der Waals surface area contributed by atoms with Crippen LogP contribution in [0.15, 0.2) is 30.5 Å². The highest BCUT2D eigenvalue weighted by molar-refractivity contribution is 5.82. The van der Waals surface area contributed by atoms with Gasteiger partial charge in [0.1, 0.15) is 5.82 Å². The molecule has 1 fully saturated rings. The van der Waals surface area contributed by atoms with Gasteiger partial charge in [-0.1, -0.05) is 6.92 Å². The predicted octanol–water partition coefficient (Wildman–Crippen LogP) is 4.28. The molecule has 1 aromatic heterocycles. The molecule has 1 aliphatic rings. The van der Waals surface area contributed by atoms with Gasteiger partial charge >= 0.3 is 0 Å². The molecular weight excluding hydrogens is 265 g/mol. The van der Waals surface area contributed by atoms with Crippen molar-refractivity contribution in [2.24, 2.45) is 11.8 Å². The van der Waals surface area contributed by atoms with Gasteiger partial charge in [0.25, 0.3) is 0 Å². The van der Waals surface area contributed by atoms with E-state index in [1.165, 1.54) is 11.6 Å². The van der Waals surface area contributed by atoms with E-state index in [0.717, 1.165) is 36.6 Å². The number of nitrogens with zero attached hydrogens (tertiary/aromatic N) is 1. The van der Waals surface area contributed by atoms with E-state index in [-0.39, 0.29) is 12.4 Å². The topological polar surface area (TPSA) is 33.1 Å². The third-order valence-electron chi connectivity index (χ3n) is 5.04. The highest BCUT2D eigenvalue weighted by atomic mass is 19.1. The molecule has 0 radical (unpaired) electrons. The number of aromatic nitrogens is 1. The molecule has 0 bridgehead atoms. The number of aliphatic hydroxyl groups excluding tert-OH is 1. The van der Waals surface area contributed by atoms with Crippen LogP contribution in [0.25, 0.3) is 10.9 Å². The van der Waals surface area contributed by atoms with E-state index in [4.69, 9.17) is 0 Å². The second-order valence-electron chi connectivity index (χ2n) is 6.33. The Hall–Kier alpha value is -1.48. The van der Waals surface area contributed by atoms with Gasteiger partial charge in [-0.3, -0.25) is 4.98 Å². The molecule has 112 valence electrons. The fraction of sp³-hybridized carbons (Fsp3) is 0.500. The van der Waals surface area contributed by atoms with Gasteiger partial charge in [-0.05, 0) is 73.3 Å². The summed E-state index contributed by atoms with van der Waals surface area (Å²) in [6.45, 7) is 2.40. The molecule has 2 aromatic rings. The molecule has 0 amide bonds. The standard InChI is InChI=1S/C18H22FNO/c1-12(11-21)13-2-4-14(5-3-13)16-8-9-20-18-7-6-15(19)10-17(16)18/h6-10,12-14,21H,2-5,11H2,1H3. The summed E-state index contributed by atoms with van der Waals surface area (Å²) in [5.41, 5.74) is 2.11. The molecule has 1 unspecified atom stereocenters. The van der Waals surface area contributed by atoms with Gasteiger partial charge < -0.3 is 5.11 Å². The Balaban J connectivity index is 1.84. The lowest BCUT2D eigenvalue weighted by Crippen LogP contribution is -2.21. The molecule has 0 aliphatic heterocycles. The lowest BCUT2D eigenvalue weighted by molar-refractivity contribution is 0.155. The Morgan fingerprint density at radius 1 is 1.24 bits per heavy atom. The van der Waals surface area contributed by atoms with Gasteiger partial charge in [-0.15, -0.1) is 0 Å². The molecule has 3 heteroatoms. The van der Waals surface area contributed by atoms with Gasteiger partial charge in [-0.25, -0.2) is 4.39 Å². The quantitative estimate of drug-likeness (QED) is 0.914. The van der Waals surface area contributed by atoms with Crippen molar-refractivity contribution in [2.75, 3.05) is 6.61 Å². The average Bonchev–Trinajstić information content (AvgIpc) is 2.53. The highest BCUT2D eigenvalue weighted by Gasteiger charge is 2.26. The molecule has 1 aliphatic carbocycles. The van der Waals surface area contributed by atoms with E-state index in [1.54, 1.807) is 12.1 Å². The molecule has 1 heterocycles. The number of halogens is 1. The molecule has 1 saturated carbocycles. The van der Waals surface area contributed by atoms with Gasteiger partial charge in [0.15, 0.2) is 0 Å². The Morgan fingerprint density at radius 2 is 2.00 bits per heavy atom. The summed E-state index contributed by atoms with van der Waals surface area (Å²) in [4.78, 5) is 4.33. The van der Waals surface area contributed by atoms with Crippen LogP contribution in [-0.4, -0.2) is 16.7 Å². The second-order valence-corrected chi connectivity index (χ2v) is 6.33. The van der Waals surface area contributed by atoms with Crippen molar-refractivity contribution < 1.29 is 9.50 Å². The average molecular weight is 287 g/mol. The van der Waals surface area contributed by atoms with E-state index in [0.29, 0.717) is 17.8 Å². The maximum absolute atomic E-state index is 13.5. The zero-order chi connectivity index (χ0) is 14.8. The van der Waals surface area contributed by atoms with Crippen molar-refractivity contribution in [1.82, 2.24) is 4.98 Å². The molecular formula is C18H22FNO. The summed E-state index contributed by atoms with van der Waals surface area (Å²) in [6.07, 6.45) is 6.35. The van der Waals surface area contributed by atoms with Gasteiger partial charge in [0.05, 0.1) is 5.52 Å². The first-order valence-corrected chi connectivity index (χ1v) is 7.84. The smallest absolute Gasteiger partial charge is 0.123 e. The monoisotopic (exact) mass is 287 g/mol. The van der Waals surface area contributed by atoms with Crippen LogP contribution in [0.2, 0.25) is 0 Å². The van der Waals surface area contributed by atoms with E-state index in [9.17, 15) is 9.50 Å². The Kier molecular flexibility index (Phi) is 4.20. The third-order valence-corrected chi connectivity index (χ3v) is 5.04. The van der Waals surface area contributed by atoms with Gasteiger partial charge in [0.2, 0.25) is 0 Å². The van der Waals surface area contributed by atoms with Crippen LogP contribution in [-0.2, 0) is 0 Å². The Bertz CT molecular complexity index is 620. The number of fused-ring (bicyclic) bond motifs is 1. The Morgan fingerprint density at radius 3 is 2.71 bits per heavy atom. The zero-order valence-corrected chi connectivity index (χ0v) is 12.4. The minimum absolute atomic E-state index is 0.195. The minimum atomic E-state index is -0.195. The molecule has 1 aromatic carbocycles. The summed E-state index contributed by atoms with van der Waals surface area (Å²) in [6, 6.07) is 6.88. The number of hydrogen-bond acceptors (Lipinski definition) is 2. The van der Waals surface area contributed by atoms with Crippen LogP contribution in [0.3, 0.4) is 0 Å². The van der Waals surface area contributed by atoms with Crippen molar-refractivity contribution in [1.29, 1.82) is 0 Å². The number of pyridine rings is 1. The first-order chi connectivity index (χ1) is 10.2. The van der Waals surface area contributed by atoms with Crippen LogP contribution in [0, 0.1) is 17.7 Å². The lowest BCUT2D eigenvalue weighted by atomic mass is 9.74. The summed E-state index contributed by atoms with van der Waals surface area (Å²) < 4.78 is 13.5. The largest absolute Gasteiger partial charge is 0.396 e. The fourth-order valence-corrected chi connectivity index (χ4v) is 3.64. The third kappa shape index (κ3) is 2.93. The van der Waals surface area contributed by atoms with Crippen molar-refractivity contribution >= 4 is 10.9 Å². The predicted molar refractivity (Wildman–Crippen MR) is 82.6 cm³/mol. The van der Waals surface area contributed by atoms with E-state index >= 15 is 0 Å². The summed E-state index contributed by atoms with van der Waals surface area (Å²) in [5.74, 6) is 1.30. The van der Waals surface area contributed by atoms with Crippen molar-refractivity contribution in [3.8, 4) is 0 Å². The van der Waals surface area contributed by atoms with Crippen LogP contribution in [0.4, 0.5) is 4.39 Å².